The fourth-order valence-electron chi connectivity index (χ4n) is 1.81. The largest absolute Gasteiger partial charge is 0.462 e. The van der Waals surface area contributed by atoms with Gasteiger partial charge in [-0.2, -0.15) is 8.42 Å². The molecule has 0 aliphatic heterocycles. The lowest BCUT2D eigenvalue weighted by Gasteiger charge is -2.15. The van der Waals surface area contributed by atoms with Crippen LogP contribution >= 0.6 is 22.9 Å². The number of nitrogens with one attached hydrogen (secondary N) is 2. The molecule has 0 radical (unpaired) electrons. The number of carbonyl (C=O) groups excluding carboxylic acids is 2. The number of ether oxygens (including phenoxy) is 1. The van der Waals surface area contributed by atoms with E-state index in [2.05, 4.69) is 20.2 Å². The number of sulfonamides is 1. The van der Waals surface area contributed by atoms with Crippen LogP contribution in [0.3, 0.4) is 0 Å². The maximum atomic E-state index is 12.5. The van der Waals surface area contributed by atoms with Gasteiger partial charge in [-0.25, -0.2) is 4.79 Å². The second kappa shape index (κ2) is 8.41. The van der Waals surface area contributed by atoms with Gasteiger partial charge in [0.2, 0.25) is 11.0 Å². The maximum Gasteiger partial charge on any atom is 0.339 e. The summed E-state index contributed by atoms with van der Waals surface area (Å²) in [6.07, 6.45) is 0. The van der Waals surface area contributed by atoms with Crippen molar-refractivity contribution in [1.29, 1.82) is 0 Å². The third-order valence-corrected chi connectivity index (χ3v) is 6.17. The first-order valence-electron chi connectivity index (χ1n) is 8.08. The molecule has 0 unspecified atom stereocenters. The average Bonchev–Trinajstić information content (AvgIpc) is 3.05. The predicted molar refractivity (Wildman–Crippen MR) is 106 cm³/mol. The molecule has 0 fully saturated rings. The molecule has 1 aromatic heterocycles. The van der Waals surface area contributed by atoms with Gasteiger partial charge >= 0.3 is 5.97 Å². The number of aromatic nitrogens is 2. The molecular formula is C16H19ClN4O5S2. The van der Waals surface area contributed by atoms with Crippen molar-refractivity contribution in [3.8, 4) is 0 Å². The number of esters is 1. The van der Waals surface area contributed by atoms with E-state index in [1.54, 1.807) is 27.7 Å². The Morgan fingerprint density at radius 3 is 2.54 bits per heavy atom. The van der Waals surface area contributed by atoms with Gasteiger partial charge in [0.15, 0.2) is 0 Å². The van der Waals surface area contributed by atoms with Crippen molar-refractivity contribution in [3.05, 3.63) is 28.8 Å². The molecule has 0 spiro atoms. The lowest BCUT2D eigenvalue weighted by atomic mass is 9.96. The number of rotatable bonds is 6. The second-order valence-electron chi connectivity index (χ2n) is 6.60. The van der Waals surface area contributed by atoms with Crippen molar-refractivity contribution >= 4 is 55.7 Å². The summed E-state index contributed by atoms with van der Waals surface area (Å²) in [5.74, 6) is -0.992. The number of carbonyl (C=O) groups is 2. The van der Waals surface area contributed by atoms with Gasteiger partial charge in [-0.15, -0.1) is 10.2 Å². The second-order valence-corrected chi connectivity index (χ2v) is 9.84. The molecular weight excluding hydrogens is 428 g/mol. The van der Waals surface area contributed by atoms with Gasteiger partial charge < -0.3 is 10.1 Å². The monoisotopic (exact) mass is 446 g/mol. The minimum atomic E-state index is -4.08. The summed E-state index contributed by atoms with van der Waals surface area (Å²) in [7, 11) is -4.08. The van der Waals surface area contributed by atoms with Gasteiger partial charge in [0, 0.05) is 11.1 Å². The van der Waals surface area contributed by atoms with Gasteiger partial charge in [0.05, 0.1) is 17.2 Å². The summed E-state index contributed by atoms with van der Waals surface area (Å²) >= 11 is 6.67. The third-order valence-electron chi connectivity index (χ3n) is 3.25. The summed E-state index contributed by atoms with van der Waals surface area (Å²) in [5, 5.41) is 10.0. The number of hydrogen-bond acceptors (Lipinski definition) is 8. The van der Waals surface area contributed by atoms with Crippen molar-refractivity contribution in [3.63, 3.8) is 0 Å². The molecule has 0 saturated heterocycles. The van der Waals surface area contributed by atoms with E-state index >= 15 is 0 Å². The van der Waals surface area contributed by atoms with Gasteiger partial charge in [-0.05, 0) is 25.1 Å². The summed E-state index contributed by atoms with van der Waals surface area (Å²) in [6.45, 7) is 6.93. The SMILES string of the molecule is CCOC(=O)c1cc(NS(=O)(=O)c2nnc(NC(=O)C(C)(C)C)s2)ccc1Cl. The zero-order chi connectivity index (χ0) is 21.1. The third kappa shape index (κ3) is 5.40. The highest BCUT2D eigenvalue weighted by molar-refractivity contribution is 7.94. The fraction of sp³-hybridized carbons (Fsp3) is 0.375. The Kier molecular flexibility index (Phi) is 6.63. The van der Waals surface area contributed by atoms with E-state index in [9.17, 15) is 18.0 Å². The molecule has 0 bridgehead atoms. The van der Waals surface area contributed by atoms with Crippen LogP contribution in [0.5, 0.6) is 0 Å². The van der Waals surface area contributed by atoms with Crippen LogP contribution < -0.4 is 10.0 Å². The van der Waals surface area contributed by atoms with Crippen LogP contribution in [0.4, 0.5) is 10.8 Å². The normalized spacial score (nSPS) is 11.8. The molecule has 9 nitrogen and oxygen atoms in total. The Balaban J connectivity index is 2.22. The van der Waals surface area contributed by atoms with Crippen LogP contribution in [0, 0.1) is 5.41 Å². The summed E-state index contributed by atoms with van der Waals surface area (Å²) in [6, 6.07) is 4.04. The van der Waals surface area contributed by atoms with Crippen LogP contribution in [0.15, 0.2) is 22.5 Å². The first-order chi connectivity index (χ1) is 12.9. The summed E-state index contributed by atoms with van der Waals surface area (Å²) in [4.78, 5) is 23.9. The van der Waals surface area contributed by atoms with Gasteiger partial charge in [-0.3, -0.25) is 9.52 Å². The zero-order valence-electron chi connectivity index (χ0n) is 15.6. The highest BCUT2D eigenvalue weighted by Gasteiger charge is 2.25. The smallest absolute Gasteiger partial charge is 0.339 e. The van der Waals surface area contributed by atoms with Crippen LogP contribution in [0.1, 0.15) is 38.1 Å². The number of halogens is 1. The van der Waals surface area contributed by atoms with E-state index < -0.39 is 21.4 Å². The Morgan fingerprint density at radius 1 is 1.25 bits per heavy atom. The molecule has 28 heavy (non-hydrogen) atoms. The number of anilines is 2. The van der Waals surface area contributed by atoms with Gasteiger partial charge in [0.25, 0.3) is 14.4 Å². The quantitative estimate of drug-likeness (QED) is 0.515. The topological polar surface area (TPSA) is 127 Å². The molecule has 0 aliphatic carbocycles. The number of nitrogens with zero attached hydrogens (tertiary/aromatic N) is 2. The highest BCUT2D eigenvalue weighted by atomic mass is 35.5. The van der Waals surface area contributed by atoms with E-state index in [-0.39, 0.29) is 38.3 Å². The van der Waals surface area contributed by atoms with Crippen molar-refractivity contribution in [2.75, 3.05) is 16.6 Å². The molecule has 0 saturated carbocycles. The van der Waals surface area contributed by atoms with E-state index in [1.165, 1.54) is 18.2 Å². The maximum absolute atomic E-state index is 12.5. The Morgan fingerprint density at radius 2 is 1.93 bits per heavy atom. The standard InChI is InChI=1S/C16H19ClN4O5S2/c1-5-26-12(22)10-8-9(6-7-11(10)17)21-28(24,25)15-20-19-14(27-15)18-13(23)16(2,3)4/h6-8,21H,5H2,1-4H3,(H,18,19,23). The minimum Gasteiger partial charge on any atom is -0.462 e. The molecule has 0 atom stereocenters. The van der Waals surface area contributed by atoms with E-state index in [0.29, 0.717) is 11.3 Å². The van der Waals surface area contributed by atoms with Crippen LogP contribution in [0.25, 0.3) is 0 Å². The van der Waals surface area contributed by atoms with Crippen LogP contribution in [-0.2, 0) is 19.6 Å². The lowest BCUT2D eigenvalue weighted by molar-refractivity contribution is -0.123. The van der Waals surface area contributed by atoms with Crippen LogP contribution in [0.2, 0.25) is 5.02 Å². The van der Waals surface area contributed by atoms with E-state index in [1.807, 2.05) is 0 Å². The number of benzene rings is 1. The fourth-order valence-corrected chi connectivity index (χ4v) is 3.95. The van der Waals surface area contributed by atoms with Gasteiger partial charge in [-0.1, -0.05) is 43.7 Å². The minimum absolute atomic E-state index is 0.0270. The molecule has 1 aromatic carbocycles. The molecule has 2 aromatic rings. The molecule has 2 rings (SSSR count). The Hall–Kier alpha value is -2.24. The summed E-state index contributed by atoms with van der Waals surface area (Å²) < 4.78 is 31.9. The van der Waals surface area contributed by atoms with Crippen LogP contribution in [-0.4, -0.2) is 37.1 Å². The number of hydrogen-bond donors (Lipinski definition) is 2. The Bertz CT molecular complexity index is 999. The van der Waals surface area contributed by atoms with E-state index in [0.717, 1.165) is 0 Å². The van der Waals surface area contributed by atoms with Crippen molar-refractivity contribution in [2.45, 2.75) is 32.0 Å². The molecule has 2 N–H and O–H groups in total. The zero-order valence-corrected chi connectivity index (χ0v) is 18.0. The molecule has 1 heterocycles. The molecule has 152 valence electrons. The lowest BCUT2D eigenvalue weighted by Crippen LogP contribution is -2.27. The van der Waals surface area contributed by atoms with E-state index in [4.69, 9.17) is 16.3 Å². The molecule has 1 amide bonds. The van der Waals surface area contributed by atoms with Gasteiger partial charge in [0.1, 0.15) is 0 Å². The first-order valence-corrected chi connectivity index (χ1v) is 10.8. The first kappa shape index (κ1) is 22.1. The summed E-state index contributed by atoms with van der Waals surface area (Å²) in [5.41, 5.74) is -0.544. The predicted octanol–water partition coefficient (Wildman–Crippen LogP) is 3.15. The molecule has 0 aliphatic rings. The Labute approximate surface area is 171 Å². The average molecular weight is 447 g/mol. The highest BCUT2D eigenvalue weighted by Crippen LogP contribution is 2.26. The van der Waals surface area contributed by atoms with Crippen molar-refractivity contribution in [2.24, 2.45) is 5.41 Å². The van der Waals surface area contributed by atoms with Crippen molar-refractivity contribution in [1.82, 2.24) is 10.2 Å². The number of amides is 1. The molecule has 12 heteroatoms. The van der Waals surface area contributed by atoms with Crippen molar-refractivity contribution < 1.29 is 22.7 Å².